The molecule has 1 aromatic rings. The van der Waals surface area contributed by atoms with Crippen LogP contribution < -0.4 is 5.32 Å². The van der Waals surface area contributed by atoms with Crippen LogP contribution in [-0.4, -0.2) is 40.4 Å². The van der Waals surface area contributed by atoms with Crippen molar-refractivity contribution in [2.45, 2.75) is 59.7 Å². The Bertz CT molecular complexity index is 455. The molecule has 0 aliphatic carbocycles. The third kappa shape index (κ3) is 4.54. The number of aromatic nitrogens is 2. The summed E-state index contributed by atoms with van der Waals surface area (Å²) in [7, 11) is 0. The predicted octanol–water partition coefficient (Wildman–Crippen LogP) is 3.18. The van der Waals surface area contributed by atoms with E-state index in [1.165, 1.54) is 29.6 Å². The maximum atomic E-state index is 4.61. The lowest BCUT2D eigenvalue weighted by atomic mass is 10.0. The van der Waals surface area contributed by atoms with Crippen molar-refractivity contribution >= 4 is 15.9 Å². The summed E-state index contributed by atoms with van der Waals surface area (Å²) >= 11 is 3.72. The Hall–Kier alpha value is -0.390. The number of hydrogen-bond acceptors (Lipinski definition) is 3. The van der Waals surface area contributed by atoms with Gasteiger partial charge in [0.25, 0.3) is 0 Å². The lowest BCUT2D eigenvalue weighted by molar-refractivity contribution is 0.240. The zero-order valence-corrected chi connectivity index (χ0v) is 15.4. The molecule has 1 atom stereocenters. The fourth-order valence-electron chi connectivity index (χ4n) is 3.18. The second kappa shape index (κ2) is 7.75. The van der Waals surface area contributed by atoms with Crippen molar-refractivity contribution in [2.75, 3.05) is 19.6 Å². The predicted molar refractivity (Wildman–Crippen MR) is 91.5 cm³/mol. The minimum Gasteiger partial charge on any atom is -0.313 e. The van der Waals surface area contributed by atoms with Crippen molar-refractivity contribution in [3.63, 3.8) is 0 Å². The van der Waals surface area contributed by atoms with E-state index in [-0.39, 0.29) is 0 Å². The van der Waals surface area contributed by atoms with E-state index in [0.29, 0.717) is 6.04 Å². The zero-order chi connectivity index (χ0) is 15.4. The second-order valence-corrected chi connectivity index (χ2v) is 7.32. The Morgan fingerprint density at radius 3 is 2.86 bits per heavy atom. The molecule has 0 bridgehead atoms. The standard InChI is InChI=1S/C16H29BrN4/c1-5-21-15(16(17)13(4)19-21)11-20-8-6-7-18-14(10-20)9-12(2)3/h12,14,18H,5-11H2,1-4H3. The average Bonchev–Trinajstić information content (AvgIpc) is 2.61. The molecule has 1 aliphatic heterocycles. The van der Waals surface area contributed by atoms with Crippen molar-refractivity contribution in [2.24, 2.45) is 5.92 Å². The van der Waals surface area contributed by atoms with E-state index in [9.17, 15) is 0 Å². The Morgan fingerprint density at radius 2 is 2.19 bits per heavy atom. The van der Waals surface area contributed by atoms with E-state index in [4.69, 9.17) is 0 Å². The van der Waals surface area contributed by atoms with Gasteiger partial charge in [0.05, 0.1) is 15.9 Å². The molecule has 5 heteroatoms. The number of aryl methyl sites for hydroxylation is 2. The molecule has 21 heavy (non-hydrogen) atoms. The molecule has 1 aliphatic rings. The molecule has 1 fully saturated rings. The molecular formula is C16H29BrN4. The van der Waals surface area contributed by atoms with Crippen LogP contribution in [0.15, 0.2) is 4.47 Å². The Balaban J connectivity index is 2.07. The SMILES string of the molecule is CCn1nc(C)c(Br)c1CN1CCCNC(CC(C)C)C1. The largest absolute Gasteiger partial charge is 0.313 e. The van der Waals surface area contributed by atoms with Crippen molar-refractivity contribution in [3.8, 4) is 0 Å². The van der Waals surface area contributed by atoms with Gasteiger partial charge in [-0.25, -0.2) is 0 Å². The van der Waals surface area contributed by atoms with Gasteiger partial charge in [-0.15, -0.1) is 0 Å². The Morgan fingerprint density at radius 1 is 1.43 bits per heavy atom. The molecule has 1 N–H and O–H groups in total. The highest BCUT2D eigenvalue weighted by atomic mass is 79.9. The van der Waals surface area contributed by atoms with E-state index in [2.05, 4.69) is 63.6 Å². The van der Waals surface area contributed by atoms with Crippen LogP contribution in [-0.2, 0) is 13.1 Å². The first-order chi connectivity index (χ1) is 10.0. The molecular weight excluding hydrogens is 328 g/mol. The van der Waals surface area contributed by atoms with E-state index in [1.54, 1.807) is 0 Å². The molecule has 1 unspecified atom stereocenters. The summed E-state index contributed by atoms with van der Waals surface area (Å²) in [5.74, 6) is 0.748. The fourth-order valence-corrected chi connectivity index (χ4v) is 3.59. The van der Waals surface area contributed by atoms with Gasteiger partial charge in [0, 0.05) is 25.7 Å². The van der Waals surface area contributed by atoms with Crippen LogP contribution in [0, 0.1) is 12.8 Å². The smallest absolute Gasteiger partial charge is 0.0739 e. The summed E-state index contributed by atoms with van der Waals surface area (Å²) in [5.41, 5.74) is 2.42. The first kappa shape index (κ1) is 17.0. The first-order valence-electron chi connectivity index (χ1n) is 8.18. The van der Waals surface area contributed by atoms with Crippen LogP contribution in [0.5, 0.6) is 0 Å². The number of nitrogens with one attached hydrogen (secondary N) is 1. The molecule has 1 aromatic heterocycles. The summed E-state index contributed by atoms with van der Waals surface area (Å²) in [6.07, 6.45) is 2.48. The monoisotopic (exact) mass is 356 g/mol. The lowest BCUT2D eigenvalue weighted by Crippen LogP contribution is -2.38. The van der Waals surface area contributed by atoms with Crippen molar-refractivity contribution in [1.82, 2.24) is 20.0 Å². The quantitative estimate of drug-likeness (QED) is 0.879. The third-order valence-corrected chi connectivity index (χ3v) is 5.18. The highest BCUT2D eigenvalue weighted by Gasteiger charge is 2.21. The van der Waals surface area contributed by atoms with Gasteiger partial charge in [-0.2, -0.15) is 5.10 Å². The number of nitrogens with zero attached hydrogens (tertiary/aromatic N) is 3. The topological polar surface area (TPSA) is 33.1 Å². The maximum Gasteiger partial charge on any atom is 0.0739 e. The molecule has 0 aromatic carbocycles. The van der Waals surface area contributed by atoms with Gasteiger partial charge in [-0.1, -0.05) is 13.8 Å². The van der Waals surface area contributed by atoms with E-state index in [0.717, 1.165) is 37.8 Å². The highest BCUT2D eigenvalue weighted by molar-refractivity contribution is 9.10. The third-order valence-electron chi connectivity index (χ3n) is 4.14. The molecule has 1 saturated heterocycles. The Labute approximate surface area is 137 Å². The summed E-state index contributed by atoms with van der Waals surface area (Å²) in [6.45, 7) is 14.2. The minimum absolute atomic E-state index is 0.616. The van der Waals surface area contributed by atoms with Crippen LogP contribution in [0.25, 0.3) is 0 Å². The van der Waals surface area contributed by atoms with Crippen molar-refractivity contribution < 1.29 is 0 Å². The summed E-state index contributed by atoms with van der Waals surface area (Å²) in [5, 5.41) is 8.31. The van der Waals surface area contributed by atoms with Crippen LogP contribution in [0.1, 0.15) is 45.0 Å². The van der Waals surface area contributed by atoms with Crippen LogP contribution in [0.3, 0.4) is 0 Å². The van der Waals surface area contributed by atoms with Gasteiger partial charge in [0.1, 0.15) is 0 Å². The summed E-state index contributed by atoms with van der Waals surface area (Å²) < 4.78 is 3.32. The zero-order valence-electron chi connectivity index (χ0n) is 13.8. The van der Waals surface area contributed by atoms with Crippen LogP contribution in [0.4, 0.5) is 0 Å². The van der Waals surface area contributed by atoms with E-state index in [1.807, 2.05) is 0 Å². The van der Waals surface area contributed by atoms with Gasteiger partial charge in [-0.05, 0) is 61.6 Å². The molecule has 0 amide bonds. The molecule has 0 spiro atoms. The lowest BCUT2D eigenvalue weighted by Gasteiger charge is -2.25. The first-order valence-corrected chi connectivity index (χ1v) is 8.98. The molecule has 2 rings (SSSR count). The average molecular weight is 357 g/mol. The van der Waals surface area contributed by atoms with Gasteiger partial charge < -0.3 is 5.32 Å². The maximum absolute atomic E-state index is 4.61. The molecule has 0 saturated carbocycles. The van der Waals surface area contributed by atoms with Crippen LogP contribution in [0.2, 0.25) is 0 Å². The number of rotatable bonds is 5. The van der Waals surface area contributed by atoms with E-state index < -0.39 is 0 Å². The van der Waals surface area contributed by atoms with Crippen molar-refractivity contribution in [3.05, 3.63) is 15.9 Å². The van der Waals surface area contributed by atoms with Gasteiger partial charge in [0.2, 0.25) is 0 Å². The highest BCUT2D eigenvalue weighted by Crippen LogP contribution is 2.23. The van der Waals surface area contributed by atoms with Gasteiger partial charge >= 0.3 is 0 Å². The Kier molecular flexibility index (Phi) is 6.26. The minimum atomic E-state index is 0.616. The van der Waals surface area contributed by atoms with Gasteiger partial charge in [0.15, 0.2) is 0 Å². The fraction of sp³-hybridized carbons (Fsp3) is 0.812. The summed E-state index contributed by atoms with van der Waals surface area (Å²) in [6, 6.07) is 0.616. The normalized spacial score (nSPS) is 21.0. The molecule has 2 heterocycles. The van der Waals surface area contributed by atoms with Crippen LogP contribution >= 0.6 is 15.9 Å². The molecule has 120 valence electrons. The molecule has 0 radical (unpaired) electrons. The molecule has 4 nitrogen and oxygen atoms in total. The second-order valence-electron chi connectivity index (χ2n) is 6.53. The van der Waals surface area contributed by atoms with Gasteiger partial charge in [-0.3, -0.25) is 9.58 Å². The van der Waals surface area contributed by atoms with Crippen molar-refractivity contribution in [1.29, 1.82) is 0 Å². The summed E-state index contributed by atoms with van der Waals surface area (Å²) in [4.78, 5) is 2.58. The number of hydrogen-bond donors (Lipinski definition) is 1. The van der Waals surface area contributed by atoms with E-state index >= 15 is 0 Å². The number of halogens is 1.